The molecule has 2 aromatic heterocycles. The number of anilines is 6. The first-order valence-electron chi connectivity index (χ1n) is 16.4. The number of furan rings is 2. The number of hydrogen-bond donors (Lipinski definition) is 0. The molecule has 228 valence electrons. The van der Waals surface area contributed by atoms with Crippen molar-refractivity contribution < 1.29 is 8.83 Å². The smallest absolute Gasteiger partial charge is 0.418 e. The van der Waals surface area contributed by atoms with Crippen LogP contribution < -0.4 is 30.2 Å². The summed E-state index contributed by atoms with van der Waals surface area (Å²) in [5.41, 5.74) is 8.63. The van der Waals surface area contributed by atoms with E-state index < -0.39 is 0 Å². The molecule has 0 saturated heterocycles. The van der Waals surface area contributed by atoms with Crippen molar-refractivity contribution in [2.45, 2.75) is 0 Å². The maximum absolute atomic E-state index is 6.48. The van der Waals surface area contributed by atoms with Gasteiger partial charge in [0.25, 0.3) is 0 Å². The number of para-hydroxylation sites is 4. The van der Waals surface area contributed by atoms with Gasteiger partial charge in [-0.1, -0.05) is 97.1 Å². The molecule has 0 N–H and O–H groups in total. The molecule has 8 aromatic rings. The van der Waals surface area contributed by atoms with Gasteiger partial charge in [0.2, 0.25) is 11.8 Å². The number of benzene rings is 6. The average molecular weight is 620 g/mol. The van der Waals surface area contributed by atoms with Crippen molar-refractivity contribution in [3.05, 3.63) is 146 Å². The quantitative estimate of drug-likeness (QED) is 0.185. The molecular weight excluding hydrogens is 590 g/mol. The molecule has 0 aliphatic carbocycles. The van der Waals surface area contributed by atoms with Gasteiger partial charge in [0.05, 0.1) is 0 Å². The molecular formula is C40H30B2N4O2. The zero-order chi connectivity index (χ0) is 31.9. The van der Waals surface area contributed by atoms with Crippen LogP contribution in [0.15, 0.2) is 154 Å². The summed E-state index contributed by atoms with van der Waals surface area (Å²) < 4.78 is 13.0. The third-order valence-corrected chi connectivity index (χ3v) is 10.0. The molecule has 0 atom stereocenters. The molecule has 8 heteroatoms. The van der Waals surface area contributed by atoms with Gasteiger partial charge in [-0.25, -0.2) is 0 Å². The summed E-state index contributed by atoms with van der Waals surface area (Å²) in [5, 5.41) is 4.62. The van der Waals surface area contributed by atoms with Crippen LogP contribution in [0.2, 0.25) is 0 Å². The van der Waals surface area contributed by atoms with Gasteiger partial charge in [0.15, 0.2) is 0 Å². The average Bonchev–Trinajstić information content (AvgIpc) is 3.86. The normalized spacial score (nSPS) is 14.2. The molecule has 2 aliphatic heterocycles. The summed E-state index contributed by atoms with van der Waals surface area (Å²) in [5.74, 6) is 1.76. The standard InChI is InChI=1S/C40H30B2N4O2/c1-43-39-37(33-17-9-11-19-35(33)47-39)45(31-13-5-3-6-14-31)41(43)29-23-21-27-22-24-30(26-28(27)25-29)42-44(2)40-38(34-18-10-12-20-36(34)48-40)46(42)32-15-7-4-8-16-32/h3-26H,1-2H3. The van der Waals surface area contributed by atoms with E-state index in [0.29, 0.717) is 0 Å². The minimum Gasteiger partial charge on any atom is -0.439 e. The van der Waals surface area contributed by atoms with Crippen molar-refractivity contribution in [2.75, 3.05) is 33.3 Å². The van der Waals surface area contributed by atoms with Crippen molar-refractivity contribution in [2.24, 2.45) is 0 Å². The lowest BCUT2D eigenvalue weighted by Crippen LogP contribution is -2.54. The molecule has 0 spiro atoms. The van der Waals surface area contributed by atoms with Crippen LogP contribution in [0.3, 0.4) is 0 Å². The maximum Gasteiger partial charge on any atom is 0.418 e. The van der Waals surface area contributed by atoms with Crippen molar-refractivity contribution >= 4 is 92.1 Å². The molecule has 6 nitrogen and oxygen atoms in total. The fraction of sp³-hybridized carbons (Fsp3) is 0.0500. The highest BCUT2D eigenvalue weighted by Crippen LogP contribution is 2.50. The van der Waals surface area contributed by atoms with E-state index in [4.69, 9.17) is 8.83 Å². The van der Waals surface area contributed by atoms with Crippen LogP contribution in [0.5, 0.6) is 0 Å². The SMILES string of the molecule is CN1B(c2ccc3ccc(B4N(C)c5oc6ccccc6c5N4c4ccccc4)cc3c2)N(c2ccccc2)c2c1oc1ccccc21. The van der Waals surface area contributed by atoms with Crippen LogP contribution in [-0.2, 0) is 0 Å². The second-order valence-corrected chi connectivity index (χ2v) is 12.8. The molecule has 0 fully saturated rings. The Bertz CT molecular complexity index is 2330. The van der Waals surface area contributed by atoms with Crippen molar-refractivity contribution in [1.29, 1.82) is 0 Å². The van der Waals surface area contributed by atoms with Crippen LogP contribution >= 0.6 is 0 Å². The molecule has 10 rings (SSSR count). The topological polar surface area (TPSA) is 39.2 Å². The Morgan fingerprint density at radius 1 is 0.438 bits per heavy atom. The third-order valence-electron chi connectivity index (χ3n) is 10.0. The van der Waals surface area contributed by atoms with E-state index >= 15 is 0 Å². The Morgan fingerprint density at radius 3 is 1.31 bits per heavy atom. The van der Waals surface area contributed by atoms with Gasteiger partial charge in [0.1, 0.15) is 22.5 Å². The first-order chi connectivity index (χ1) is 23.7. The predicted molar refractivity (Wildman–Crippen MR) is 201 cm³/mol. The lowest BCUT2D eigenvalue weighted by molar-refractivity contribution is 0.623. The highest BCUT2D eigenvalue weighted by molar-refractivity contribution is 6.84. The first kappa shape index (κ1) is 27.1. The maximum atomic E-state index is 6.48. The second kappa shape index (κ2) is 10.2. The van der Waals surface area contributed by atoms with Crippen LogP contribution in [0.4, 0.5) is 34.5 Å². The monoisotopic (exact) mass is 620 g/mol. The summed E-state index contributed by atoms with van der Waals surface area (Å²) >= 11 is 0. The Morgan fingerprint density at radius 2 is 0.854 bits per heavy atom. The molecule has 0 unspecified atom stereocenters. The van der Waals surface area contributed by atoms with Gasteiger partial charge in [-0.3, -0.25) is 0 Å². The van der Waals surface area contributed by atoms with Crippen molar-refractivity contribution in [3.8, 4) is 0 Å². The largest absolute Gasteiger partial charge is 0.439 e. The second-order valence-electron chi connectivity index (χ2n) is 12.8. The van der Waals surface area contributed by atoms with Gasteiger partial charge < -0.3 is 28.1 Å². The van der Waals surface area contributed by atoms with Crippen LogP contribution in [-0.4, -0.2) is 28.1 Å². The van der Waals surface area contributed by atoms with Crippen molar-refractivity contribution in [3.63, 3.8) is 0 Å². The van der Waals surface area contributed by atoms with Gasteiger partial charge in [-0.2, -0.15) is 0 Å². The summed E-state index contributed by atoms with van der Waals surface area (Å²) in [6.07, 6.45) is 0. The van der Waals surface area contributed by atoms with E-state index in [-0.39, 0.29) is 14.0 Å². The zero-order valence-electron chi connectivity index (χ0n) is 26.6. The Labute approximate surface area is 279 Å². The molecule has 0 radical (unpaired) electrons. The zero-order valence-corrected chi connectivity index (χ0v) is 26.6. The molecule has 4 heterocycles. The highest BCUT2D eigenvalue weighted by Gasteiger charge is 2.46. The predicted octanol–water partition coefficient (Wildman–Crippen LogP) is 8.30. The van der Waals surface area contributed by atoms with Gasteiger partial charge >= 0.3 is 14.0 Å². The fourth-order valence-electron chi connectivity index (χ4n) is 7.86. The third kappa shape index (κ3) is 3.83. The van der Waals surface area contributed by atoms with E-state index in [1.165, 1.54) is 21.7 Å². The molecule has 6 aromatic carbocycles. The lowest BCUT2D eigenvalue weighted by atomic mass is 9.63. The van der Waals surface area contributed by atoms with Crippen LogP contribution in [0.1, 0.15) is 0 Å². The van der Waals surface area contributed by atoms with E-state index in [1.807, 2.05) is 24.3 Å². The van der Waals surface area contributed by atoms with Gasteiger partial charge in [-0.05, 0) is 84.3 Å². The minimum atomic E-state index is -0.0795. The van der Waals surface area contributed by atoms with Gasteiger partial charge in [0, 0.05) is 22.1 Å². The van der Waals surface area contributed by atoms with E-state index in [9.17, 15) is 0 Å². The lowest BCUT2D eigenvalue weighted by Gasteiger charge is -2.29. The van der Waals surface area contributed by atoms with Crippen LogP contribution in [0, 0.1) is 0 Å². The van der Waals surface area contributed by atoms with E-state index in [2.05, 4.69) is 155 Å². The summed E-state index contributed by atoms with van der Waals surface area (Å²) in [6, 6.07) is 51.6. The van der Waals surface area contributed by atoms with Gasteiger partial charge in [-0.15, -0.1) is 0 Å². The molecule has 48 heavy (non-hydrogen) atoms. The summed E-state index contributed by atoms with van der Waals surface area (Å²) in [7, 11) is 4.26. The Balaban J connectivity index is 1.11. The highest BCUT2D eigenvalue weighted by atomic mass is 16.4. The molecule has 2 aliphatic rings. The number of rotatable bonds is 4. The minimum absolute atomic E-state index is 0.0795. The van der Waals surface area contributed by atoms with E-state index in [0.717, 1.165) is 56.5 Å². The molecule has 0 saturated carbocycles. The Kier molecular flexibility index (Phi) is 5.79. The van der Waals surface area contributed by atoms with Crippen LogP contribution in [0.25, 0.3) is 32.7 Å². The number of nitrogens with zero attached hydrogens (tertiary/aromatic N) is 4. The first-order valence-corrected chi connectivity index (χ1v) is 16.4. The number of fused-ring (bicyclic) bond motifs is 7. The van der Waals surface area contributed by atoms with Crippen molar-refractivity contribution in [1.82, 2.24) is 0 Å². The number of hydrogen-bond acceptors (Lipinski definition) is 6. The molecule has 0 amide bonds. The molecule has 0 bridgehead atoms. The van der Waals surface area contributed by atoms with E-state index in [1.54, 1.807) is 0 Å². The summed E-state index contributed by atoms with van der Waals surface area (Å²) in [6.45, 7) is -0.159. The fourth-order valence-corrected chi connectivity index (χ4v) is 7.86. The summed E-state index contributed by atoms with van der Waals surface area (Å²) in [4.78, 5) is 9.35. The Hall–Kier alpha value is -6.01.